The summed E-state index contributed by atoms with van der Waals surface area (Å²) in [5.74, 6) is 0.603. The minimum Gasteiger partial charge on any atom is -0.374 e. The summed E-state index contributed by atoms with van der Waals surface area (Å²) in [7, 11) is 0. The van der Waals surface area contributed by atoms with Crippen LogP contribution in [0.25, 0.3) is 11.4 Å². The van der Waals surface area contributed by atoms with Crippen LogP contribution in [-0.2, 0) is 17.9 Å². The van der Waals surface area contributed by atoms with Crippen molar-refractivity contribution in [1.29, 1.82) is 10.5 Å². The van der Waals surface area contributed by atoms with E-state index < -0.39 is 6.04 Å². The molecule has 0 radical (unpaired) electrons. The van der Waals surface area contributed by atoms with Crippen LogP contribution in [-0.4, -0.2) is 32.9 Å². The molecule has 1 aromatic carbocycles. The highest BCUT2D eigenvalue weighted by Crippen LogP contribution is 2.18. The summed E-state index contributed by atoms with van der Waals surface area (Å²) >= 11 is 0. The Kier molecular flexibility index (Phi) is 5.55. The number of nitrogens with two attached hydrogens (primary N) is 1. The molecule has 1 heterocycles. The normalized spacial score (nSPS) is 11.6. The van der Waals surface area contributed by atoms with Gasteiger partial charge in [-0.25, -0.2) is 4.68 Å². The number of rotatable bonds is 7. The number of aromatic nitrogens is 4. The summed E-state index contributed by atoms with van der Waals surface area (Å²) in [4.78, 5) is 0. The van der Waals surface area contributed by atoms with Gasteiger partial charge in [-0.15, -0.1) is 5.10 Å². The van der Waals surface area contributed by atoms with Gasteiger partial charge in [-0.3, -0.25) is 0 Å². The molecule has 0 spiro atoms. The van der Waals surface area contributed by atoms with Crippen LogP contribution in [0.3, 0.4) is 0 Å². The molecule has 0 aliphatic rings. The fraction of sp³-hybridized carbons (Fsp3) is 0.357. The molecule has 1 unspecified atom stereocenters. The Morgan fingerprint density at radius 1 is 1.36 bits per heavy atom. The van der Waals surface area contributed by atoms with Gasteiger partial charge in [0.15, 0.2) is 5.82 Å². The Balaban J connectivity index is 2.07. The van der Waals surface area contributed by atoms with Crippen LogP contribution in [0.1, 0.15) is 12.0 Å². The van der Waals surface area contributed by atoms with E-state index in [1.165, 1.54) is 0 Å². The molecule has 0 fully saturated rings. The van der Waals surface area contributed by atoms with Crippen LogP contribution >= 0.6 is 0 Å². The van der Waals surface area contributed by atoms with Crippen molar-refractivity contribution in [3.8, 4) is 23.5 Å². The highest BCUT2D eigenvalue weighted by molar-refractivity contribution is 5.55. The van der Waals surface area contributed by atoms with Crippen LogP contribution in [0.15, 0.2) is 24.3 Å². The Morgan fingerprint density at radius 3 is 3.00 bits per heavy atom. The van der Waals surface area contributed by atoms with E-state index in [2.05, 4.69) is 21.6 Å². The molecule has 2 rings (SSSR count). The maximum Gasteiger partial charge on any atom is 0.182 e. The number of tetrazole rings is 1. The largest absolute Gasteiger partial charge is 0.374 e. The number of benzene rings is 1. The molecule has 22 heavy (non-hydrogen) atoms. The zero-order valence-corrected chi connectivity index (χ0v) is 11.9. The maximum atomic E-state index is 8.65. The van der Waals surface area contributed by atoms with Gasteiger partial charge in [-0.2, -0.15) is 10.5 Å². The van der Waals surface area contributed by atoms with Crippen LogP contribution < -0.4 is 5.73 Å². The van der Waals surface area contributed by atoms with Gasteiger partial charge >= 0.3 is 0 Å². The van der Waals surface area contributed by atoms with Crippen molar-refractivity contribution >= 4 is 0 Å². The second-order valence-corrected chi connectivity index (χ2v) is 4.58. The first kappa shape index (κ1) is 15.6. The summed E-state index contributed by atoms with van der Waals surface area (Å²) < 4.78 is 6.98. The number of nitrogens with zero attached hydrogens (tertiary/aromatic N) is 6. The van der Waals surface area contributed by atoms with Crippen molar-refractivity contribution in [3.05, 3.63) is 29.8 Å². The van der Waals surface area contributed by atoms with Gasteiger partial charge in [0.2, 0.25) is 0 Å². The van der Waals surface area contributed by atoms with Gasteiger partial charge in [0.05, 0.1) is 38.3 Å². The number of hydrogen-bond acceptors (Lipinski definition) is 7. The summed E-state index contributed by atoms with van der Waals surface area (Å²) in [6, 6.07) is 10.9. The lowest BCUT2D eigenvalue weighted by atomic mass is 10.1. The molecule has 2 N–H and O–H groups in total. The van der Waals surface area contributed by atoms with Gasteiger partial charge in [-0.05, 0) is 22.1 Å². The lowest BCUT2D eigenvalue weighted by Crippen LogP contribution is -2.23. The third-order valence-electron chi connectivity index (χ3n) is 2.88. The lowest BCUT2D eigenvalue weighted by Gasteiger charge is -2.07. The minimum atomic E-state index is -0.624. The van der Waals surface area contributed by atoms with Crippen LogP contribution in [0.5, 0.6) is 0 Å². The molecule has 0 saturated heterocycles. The van der Waals surface area contributed by atoms with E-state index in [-0.39, 0.29) is 6.61 Å². The quantitative estimate of drug-likeness (QED) is 0.793. The molecule has 0 saturated carbocycles. The average molecular weight is 297 g/mol. The van der Waals surface area contributed by atoms with Crippen LogP contribution in [0.4, 0.5) is 0 Å². The van der Waals surface area contributed by atoms with Crippen molar-refractivity contribution in [2.24, 2.45) is 5.73 Å². The molecular weight excluding hydrogens is 282 g/mol. The van der Waals surface area contributed by atoms with E-state index in [4.69, 9.17) is 21.0 Å². The van der Waals surface area contributed by atoms with Gasteiger partial charge < -0.3 is 10.5 Å². The standard InChI is InChI=1S/C14H15N7O/c15-5-2-6-21-14(18-19-20-21)12-4-1-3-11(7-12)9-22-10-13(17)8-16/h1,3-4,7,13H,2,6,9-10,17H2. The molecule has 0 aliphatic heterocycles. The highest BCUT2D eigenvalue weighted by atomic mass is 16.5. The van der Waals surface area contributed by atoms with Crippen molar-refractivity contribution in [1.82, 2.24) is 20.2 Å². The summed E-state index contributed by atoms with van der Waals surface area (Å²) in [6.45, 7) is 0.972. The van der Waals surface area contributed by atoms with Gasteiger partial charge in [0.1, 0.15) is 6.04 Å². The van der Waals surface area contributed by atoms with E-state index >= 15 is 0 Å². The molecule has 0 bridgehead atoms. The van der Waals surface area contributed by atoms with Crippen LogP contribution in [0, 0.1) is 22.7 Å². The molecule has 0 amide bonds. The maximum absolute atomic E-state index is 8.65. The van der Waals surface area contributed by atoms with E-state index in [0.29, 0.717) is 25.4 Å². The number of nitriles is 2. The number of hydrogen-bond donors (Lipinski definition) is 1. The Hall–Kier alpha value is -2.81. The summed E-state index contributed by atoms with van der Waals surface area (Å²) in [5, 5.41) is 28.8. The summed E-state index contributed by atoms with van der Waals surface area (Å²) in [6.07, 6.45) is 0.340. The van der Waals surface area contributed by atoms with Gasteiger partial charge in [-0.1, -0.05) is 18.2 Å². The molecule has 0 aliphatic carbocycles. The van der Waals surface area contributed by atoms with Gasteiger partial charge in [0.25, 0.3) is 0 Å². The number of aryl methyl sites for hydroxylation is 1. The SMILES string of the molecule is N#CCCn1nnnc1-c1cccc(COCC(N)C#N)c1. The first-order chi connectivity index (χ1) is 10.7. The highest BCUT2D eigenvalue weighted by Gasteiger charge is 2.09. The monoisotopic (exact) mass is 297 g/mol. The molecule has 2 aromatic rings. The van der Waals surface area contributed by atoms with E-state index in [9.17, 15) is 0 Å². The zero-order valence-electron chi connectivity index (χ0n) is 11.9. The minimum absolute atomic E-state index is 0.181. The molecule has 8 heteroatoms. The van der Waals surface area contributed by atoms with E-state index in [1.807, 2.05) is 30.3 Å². The molecular formula is C14H15N7O. The van der Waals surface area contributed by atoms with Crippen molar-refractivity contribution in [2.45, 2.75) is 25.6 Å². The Bertz CT molecular complexity index is 698. The Morgan fingerprint density at radius 2 is 2.23 bits per heavy atom. The number of ether oxygens (including phenoxy) is 1. The summed E-state index contributed by atoms with van der Waals surface area (Å²) in [5.41, 5.74) is 7.24. The average Bonchev–Trinajstić information content (AvgIpc) is 3.01. The predicted molar refractivity (Wildman–Crippen MR) is 76.7 cm³/mol. The lowest BCUT2D eigenvalue weighted by molar-refractivity contribution is 0.117. The van der Waals surface area contributed by atoms with Gasteiger partial charge in [0, 0.05) is 5.56 Å². The van der Waals surface area contributed by atoms with E-state index in [0.717, 1.165) is 11.1 Å². The topological polar surface area (TPSA) is 126 Å². The molecule has 112 valence electrons. The third-order valence-corrected chi connectivity index (χ3v) is 2.88. The second-order valence-electron chi connectivity index (χ2n) is 4.58. The first-order valence-electron chi connectivity index (χ1n) is 6.70. The van der Waals surface area contributed by atoms with Crippen molar-refractivity contribution in [3.63, 3.8) is 0 Å². The fourth-order valence-corrected chi connectivity index (χ4v) is 1.86. The molecule has 1 aromatic heterocycles. The first-order valence-corrected chi connectivity index (χ1v) is 6.70. The van der Waals surface area contributed by atoms with E-state index in [1.54, 1.807) is 4.68 Å². The molecule has 8 nitrogen and oxygen atoms in total. The van der Waals surface area contributed by atoms with Crippen LogP contribution in [0.2, 0.25) is 0 Å². The smallest absolute Gasteiger partial charge is 0.182 e. The molecule has 1 atom stereocenters. The fourth-order valence-electron chi connectivity index (χ4n) is 1.86. The Labute approximate surface area is 127 Å². The predicted octanol–water partition coefficient (Wildman–Crippen LogP) is 0.621. The second kappa shape index (κ2) is 7.84. The zero-order chi connectivity index (χ0) is 15.8. The van der Waals surface area contributed by atoms with Crippen molar-refractivity contribution in [2.75, 3.05) is 6.61 Å². The third kappa shape index (κ3) is 4.09. The van der Waals surface area contributed by atoms with Crippen molar-refractivity contribution < 1.29 is 4.74 Å².